The molecule has 104 valence electrons. The fraction of sp³-hybridized carbons (Fsp3) is 0.143. The molecule has 0 fully saturated rings. The van der Waals surface area contributed by atoms with Crippen molar-refractivity contribution in [1.29, 1.82) is 0 Å². The van der Waals surface area contributed by atoms with E-state index >= 15 is 0 Å². The first-order valence-corrected chi connectivity index (χ1v) is 6.65. The Morgan fingerprint density at radius 3 is 2.75 bits per heavy atom. The van der Waals surface area contributed by atoms with Crippen LogP contribution in [0.4, 0.5) is 0 Å². The molecule has 5 nitrogen and oxygen atoms in total. The predicted octanol–water partition coefficient (Wildman–Crippen LogP) is 2.74. The highest BCUT2D eigenvalue weighted by molar-refractivity contribution is 7.12. The molecular weight excluding hydrogens is 280 g/mol. The zero-order valence-electron chi connectivity index (χ0n) is 10.7. The molecule has 6 heteroatoms. The van der Waals surface area contributed by atoms with Crippen molar-refractivity contribution in [2.45, 2.75) is 6.92 Å². The standard InChI is InChI=1S/C14H12O5S/c1-9-4-5-10(7-11(9)18-8-13(15)16)19-14(17)12-3-2-6-20-12/h2-7H,8H2,1H3,(H,15,16). The molecule has 0 saturated heterocycles. The van der Waals surface area contributed by atoms with Gasteiger partial charge >= 0.3 is 11.9 Å². The lowest BCUT2D eigenvalue weighted by Crippen LogP contribution is -2.11. The van der Waals surface area contributed by atoms with Gasteiger partial charge in [0.25, 0.3) is 0 Å². The fourth-order valence-electron chi connectivity index (χ4n) is 1.49. The van der Waals surface area contributed by atoms with Crippen LogP contribution in [0.5, 0.6) is 11.5 Å². The molecule has 0 bridgehead atoms. The number of esters is 1. The number of carbonyl (C=O) groups is 2. The van der Waals surface area contributed by atoms with E-state index in [0.717, 1.165) is 5.56 Å². The number of carboxylic acid groups (broad SMARTS) is 1. The van der Waals surface area contributed by atoms with Crippen molar-refractivity contribution in [3.05, 3.63) is 46.2 Å². The summed E-state index contributed by atoms with van der Waals surface area (Å²) in [4.78, 5) is 22.8. The smallest absolute Gasteiger partial charge is 0.353 e. The van der Waals surface area contributed by atoms with Gasteiger partial charge in [-0.05, 0) is 30.0 Å². The maximum absolute atomic E-state index is 11.8. The number of ether oxygens (including phenoxy) is 2. The average Bonchev–Trinajstić information content (AvgIpc) is 2.93. The molecule has 0 spiro atoms. The number of benzene rings is 1. The van der Waals surface area contributed by atoms with Crippen LogP contribution in [-0.4, -0.2) is 23.7 Å². The second kappa shape index (κ2) is 6.21. The fourth-order valence-corrected chi connectivity index (χ4v) is 2.09. The minimum Gasteiger partial charge on any atom is -0.481 e. The van der Waals surface area contributed by atoms with Crippen LogP contribution in [0.25, 0.3) is 0 Å². The summed E-state index contributed by atoms with van der Waals surface area (Å²) in [5.41, 5.74) is 0.766. The summed E-state index contributed by atoms with van der Waals surface area (Å²) in [5, 5.41) is 10.4. The van der Waals surface area contributed by atoms with Crippen molar-refractivity contribution < 1.29 is 24.2 Å². The molecule has 0 amide bonds. The van der Waals surface area contributed by atoms with Crippen LogP contribution in [0.3, 0.4) is 0 Å². The van der Waals surface area contributed by atoms with E-state index in [2.05, 4.69) is 0 Å². The maximum atomic E-state index is 11.8. The Morgan fingerprint density at radius 2 is 2.10 bits per heavy atom. The van der Waals surface area contributed by atoms with E-state index in [4.69, 9.17) is 14.6 Å². The van der Waals surface area contributed by atoms with Crippen LogP contribution in [0.2, 0.25) is 0 Å². The molecule has 1 aromatic carbocycles. The van der Waals surface area contributed by atoms with Crippen LogP contribution in [0, 0.1) is 6.92 Å². The highest BCUT2D eigenvalue weighted by atomic mass is 32.1. The predicted molar refractivity (Wildman–Crippen MR) is 73.6 cm³/mol. The molecule has 0 saturated carbocycles. The molecule has 0 aliphatic heterocycles. The SMILES string of the molecule is Cc1ccc(OC(=O)c2cccs2)cc1OCC(=O)O. The third-order valence-electron chi connectivity index (χ3n) is 2.44. The first-order chi connectivity index (χ1) is 9.56. The molecule has 2 rings (SSSR count). The summed E-state index contributed by atoms with van der Waals surface area (Å²) >= 11 is 1.29. The van der Waals surface area contributed by atoms with Crippen LogP contribution < -0.4 is 9.47 Å². The summed E-state index contributed by atoms with van der Waals surface area (Å²) in [6, 6.07) is 8.27. The van der Waals surface area contributed by atoms with E-state index in [0.29, 0.717) is 16.4 Å². The molecular formula is C14H12O5S. The van der Waals surface area contributed by atoms with Gasteiger partial charge < -0.3 is 14.6 Å². The monoisotopic (exact) mass is 292 g/mol. The van der Waals surface area contributed by atoms with Crippen molar-refractivity contribution in [2.24, 2.45) is 0 Å². The average molecular weight is 292 g/mol. The molecule has 0 atom stereocenters. The van der Waals surface area contributed by atoms with E-state index in [1.54, 1.807) is 36.6 Å². The molecule has 0 unspecified atom stereocenters. The molecule has 1 aromatic heterocycles. The number of hydrogen-bond acceptors (Lipinski definition) is 5. The second-order valence-corrected chi connectivity index (χ2v) is 4.92. The van der Waals surface area contributed by atoms with Crippen LogP contribution in [0.15, 0.2) is 35.7 Å². The number of rotatable bonds is 5. The van der Waals surface area contributed by atoms with E-state index in [9.17, 15) is 9.59 Å². The van der Waals surface area contributed by atoms with Crippen LogP contribution >= 0.6 is 11.3 Å². The number of thiophene rings is 1. The van der Waals surface area contributed by atoms with Crippen molar-refractivity contribution in [2.75, 3.05) is 6.61 Å². The Balaban J connectivity index is 2.10. The lowest BCUT2D eigenvalue weighted by molar-refractivity contribution is -0.139. The number of aryl methyl sites for hydroxylation is 1. The molecule has 1 heterocycles. The van der Waals surface area contributed by atoms with Crippen molar-refractivity contribution in [1.82, 2.24) is 0 Å². The zero-order chi connectivity index (χ0) is 14.5. The summed E-state index contributed by atoms with van der Waals surface area (Å²) in [6.07, 6.45) is 0. The second-order valence-electron chi connectivity index (χ2n) is 3.98. The Bertz CT molecular complexity index is 618. The minimum atomic E-state index is -1.06. The quantitative estimate of drug-likeness (QED) is 0.677. The summed E-state index contributed by atoms with van der Waals surface area (Å²) in [5.74, 6) is -0.823. The normalized spacial score (nSPS) is 10.1. The topological polar surface area (TPSA) is 72.8 Å². The molecule has 1 N–H and O–H groups in total. The van der Waals surface area contributed by atoms with Gasteiger partial charge in [0.2, 0.25) is 0 Å². The van der Waals surface area contributed by atoms with Crippen molar-refractivity contribution in [3.8, 4) is 11.5 Å². The molecule has 2 aromatic rings. The van der Waals surface area contributed by atoms with Crippen molar-refractivity contribution >= 4 is 23.3 Å². The minimum absolute atomic E-state index is 0.314. The van der Waals surface area contributed by atoms with Gasteiger partial charge in [-0.25, -0.2) is 9.59 Å². The van der Waals surface area contributed by atoms with Crippen LogP contribution in [-0.2, 0) is 4.79 Å². The number of aliphatic carboxylic acids is 1. The van der Waals surface area contributed by atoms with Gasteiger partial charge in [-0.15, -0.1) is 11.3 Å². The first kappa shape index (κ1) is 14.1. The van der Waals surface area contributed by atoms with Gasteiger partial charge in [-0.2, -0.15) is 0 Å². The van der Waals surface area contributed by atoms with Gasteiger partial charge in [0.15, 0.2) is 6.61 Å². The molecule has 0 radical (unpaired) electrons. The molecule has 20 heavy (non-hydrogen) atoms. The lowest BCUT2D eigenvalue weighted by atomic mass is 10.2. The largest absolute Gasteiger partial charge is 0.481 e. The highest BCUT2D eigenvalue weighted by Crippen LogP contribution is 2.25. The van der Waals surface area contributed by atoms with Gasteiger partial charge in [0, 0.05) is 6.07 Å². The summed E-state index contributed by atoms with van der Waals surface area (Å²) in [6.45, 7) is 1.34. The molecule has 0 aliphatic carbocycles. The van der Waals surface area contributed by atoms with E-state index in [1.165, 1.54) is 17.4 Å². The van der Waals surface area contributed by atoms with Gasteiger partial charge in [0.1, 0.15) is 16.4 Å². The van der Waals surface area contributed by atoms with E-state index in [1.807, 2.05) is 0 Å². The van der Waals surface area contributed by atoms with Crippen molar-refractivity contribution in [3.63, 3.8) is 0 Å². The van der Waals surface area contributed by atoms with Gasteiger partial charge in [-0.1, -0.05) is 12.1 Å². The van der Waals surface area contributed by atoms with E-state index in [-0.39, 0.29) is 0 Å². The third kappa shape index (κ3) is 3.58. The number of carbonyl (C=O) groups excluding carboxylic acids is 1. The third-order valence-corrected chi connectivity index (χ3v) is 3.29. The Kier molecular flexibility index (Phi) is 4.37. The molecule has 0 aliphatic rings. The summed E-state index contributed by atoms with van der Waals surface area (Å²) in [7, 11) is 0. The van der Waals surface area contributed by atoms with E-state index < -0.39 is 18.5 Å². The Hall–Kier alpha value is -2.34. The Labute approximate surface area is 119 Å². The maximum Gasteiger partial charge on any atom is 0.353 e. The summed E-state index contributed by atoms with van der Waals surface area (Å²) < 4.78 is 10.3. The van der Waals surface area contributed by atoms with Gasteiger partial charge in [0.05, 0.1) is 0 Å². The highest BCUT2D eigenvalue weighted by Gasteiger charge is 2.11. The lowest BCUT2D eigenvalue weighted by Gasteiger charge is -2.09. The van der Waals surface area contributed by atoms with Crippen LogP contribution in [0.1, 0.15) is 15.2 Å². The Morgan fingerprint density at radius 1 is 1.30 bits per heavy atom. The number of hydrogen-bond donors (Lipinski definition) is 1. The number of carboxylic acids is 1. The zero-order valence-corrected chi connectivity index (χ0v) is 11.5. The first-order valence-electron chi connectivity index (χ1n) is 5.77. The van der Waals surface area contributed by atoms with Gasteiger partial charge in [-0.3, -0.25) is 0 Å².